The van der Waals surface area contributed by atoms with Gasteiger partial charge in [-0.15, -0.1) is 0 Å². The Hall–Kier alpha value is -0.160. The zero-order chi connectivity index (χ0) is 13.6. The quantitative estimate of drug-likeness (QED) is 0.674. The molecule has 3 N–H and O–H groups in total. The van der Waals surface area contributed by atoms with Crippen molar-refractivity contribution in [1.82, 2.24) is 4.90 Å². The standard InChI is InChI=1S/C14H30N2O2/c1-12-6-9-16(10-13(12)18-3)8-5-4-7-14(2,15)11-17/h12-13,17H,4-11,15H2,1-3H3. The summed E-state index contributed by atoms with van der Waals surface area (Å²) in [5.41, 5.74) is 5.50. The Kier molecular flexibility index (Phi) is 6.57. The minimum atomic E-state index is -0.411. The number of methoxy groups -OCH3 is 1. The molecule has 0 saturated carbocycles. The number of unbranched alkanes of at least 4 members (excludes halogenated alkanes) is 1. The molecule has 1 heterocycles. The number of hydrogen-bond acceptors (Lipinski definition) is 4. The van der Waals surface area contributed by atoms with Crippen molar-refractivity contribution in [2.24, 2.45) is 11.7 Å². The van der Waals surface area contributed by atoms with Crippen LogP contribution in [0.25, 0.3) is 0 Å². The minimum Gasteiger partial charge on any atom is -0.394 e. The van der Waals surface area contributed by atoms with E-state index in [-0.39, 0.29) is 6.61 Å². The predicted molar refractivity (Wildman–Crippen MR) is 74.5 cm³/mol. The van der Waals surface area contributed by atoms with Crippen LogP contribution in [0.2, 0.25) is 0 Å². The highest BCUT2D eigenvalue weighted by Gasteiger charge is 2.25. The van der Waals surface area contributed by atoms with E-state index < -0.39 is 5.54 Å². The number of nitrogens with zero attached hydrogens (tertiary/aromatic N) is 1. The number of aliphatic hydroxyl groups is 1. The second kappa shape index (κ2) is 7.43. The Bertz CT molecular complexity index is 234. The number of aliphatic hydroxyl groups excluding tert-OH is 1. The molecule has 0 bridgehead atoms. The first kappa shape index (κ1) is 15.9. The second-order valence-electron chi connectivity index (χ2n) is 6.11. The van der Waals surface area contributed by atoms with Crippen molar-refractivity contribution in [2.45, 2.75) is 51.2 Å². The monoisotopic (exact) mass is 258 g/mol. The van der Waals surface area contributed by atoms with Gasteiger partial charge >= 0.3 is 0 Å². The van der Waals surface area contributed by atoms with Crippen LogP contribution in [0.4, 0.5) is 0 Å². The summed E-state index contributed by atoms with van der Waals surface area (Å²) in [6, 6.07) is 0. The molecule has 18 heavy (non-hydrogen) atoms. The van der Waals surface area contributed by atoms with Crippen LogP contribution in [0.3, 0.4) is 0 Å². The maximum atomic E-state index is 9.09. The van der Waals surface area contributed by atoms with Gasteiger partial charge in [0.15, 0.2) is 0 Å². The molecule has 1 aliphatic heterocycles. The molecule has 1 rings (SSSR count). The van der Waals surface area contributed by atoms with Gasteiger partial charge in [0, 0.05) is 19.2 Å². The van der Waals surface area contributed by atoms with E-state index in [4.69, 9.17) is 15.6 Å². The Morgan fingerprint density at radius 3 is 2.78 bits per heavy atom. The van der Waals surface area contributed by atoms with Crippen LogP contribution in [0.15, 0.2) is 0 Å². The molecule has 3 atom stereocenters. The maximum absolute atomic E-state index is 9.09. The second-order valence-corrected chi connectivity index (χ2v) is 6.11. The Balaban J connectivity index is 2.16. The average Bonchev–Trinajstić information content (AvgIpc) is 2.36. The number of ether oxygens (including phenoxy) is 1. The number of hydrogen-bond donors (Lipinski definition) is 2. The lowest BCUT2D eigenvalue weighted by atomic mass is 9.94. The molecule has 0 amide bonds. The molecule has 0 aliphatic carbocycles. The Morgan fingerprint density at radius 1 is 1.44 bits per heavy atom. The first-order valence-electron chi connectivity index (χ1n) is 7.13. The molecule has 0 radical (unpaired) electrons. The first-order chi connectivity index (χ1) is 8.48. The topological polar surface area (TPSA) is 58.7 Å². The number of rotatable bonds is 7. The van der Waals surface area contributed by atoms with Gasteiger partial charge in [-0.2, -0.15) is 0 Å². The molecule has 4 nitrogen and oxygen atoms in total. The van der Waals surface area contributed by atoms with Gasteiger partial charge in [-0.1, -0.05) is 13.3 Å². The number of nitrogens with two attached hydrogens (primary N) is 1. The van der Waals surface area contributed by atoms with E-state index in [0.717, 1.165) is 32.4 Å². The predicted octanol–water partition coefficient (Wildman–Crippen LogP) is 1.22. The van der Waals surface area contributed by atoms with Crippen LogP contribution in [0.1, 0.15) is 39.5 Å². The fourth-order valence-electron chi connectivity index (χ4n) is 2.55. The Morgan fingerprint density at radius 2 is 2.17 bits per heavy atom. The van der Waals surface area contributed by atoms with Crippen LogP contribution < -0.4 is 5.73 Å². The van der Waals surface area contributed by atoms with Gasteiger partial charge in [-0.25, -0.2) is 0 Å². The van der Waals surface area contributed by atoms with E-state index in [1.807, 2.05) is 14.0 Å². The highest BCUT2D eigenvalue weighted by molar-refractivity contribution is 4.80. The molecule has 0 aromatic heterocycles. The van der Waals surface area contributed by atoms with Gasteiger partial charge in [0.25, 0.3) is 0 Å². The van der Waals surface area contributed by atoms with Gasteiger partial charge in [0.05, 0.1) is 12.7 Å². The largest absolute Gasteiger partial charge is 0.394 e. The zero-order valence-corrected chi connectivity index (χ0v) is 12.2. The summed E-state index contributed by atoms with van der Waals surface area (Å²) in [5.74, 6) is 0.674. The molecule has 4 heteroatoms. The summed E-state index contributed by atoms with van der Waals surface area (Å²) in [7, 11) is 1.81. The van der Waals surface area contributed by atoms with Gasteiger partial charge < -0.3 is 20.5 Å². The average molecular weight is 258 g/mol. The van der Waals surface area contributed by atoms with E-state index in [1.54, 1.807) is 0 Å². The van der Waals surface area contributed by atoms with Gasteiger partial charge in [0.1, 0.15) is 0 Å². The number of piperidine rings is 1. The van der Waals surface area contributed by atoms with Gasteiger partial charge in [-0.05, 0) is 45.2 Å². The maximum Gasteiger partial charge on any atom is 0.0724 e. The van der Waals surface area contributed by atoms with Crippen LogP contribution >= 0.6 is 0 Å². The normalized spacial score (nSPS) is 29.2. The first-order valence-corrected chi connectivity index (χ1v) is 7.13. The fraction of sp³-hybridized carbons (Fsp3) is 1.00. The van der Waals surface area contributed by atoms with Crippen LogP contribution in [0.5, 0.6) is 0 Å². The lowest BCUT2D eigenvalue weighted by Gasteiger charge is -2.36. The summed E-state index contributed by atoms with van der Waals surface area (Å²) < 4.78 is 5.52. The lowest BCUT2D eigenvalue weighted by Crippen LogP contribution is -2.44. The molecule has 3 unspecified atom stereocenters. The summed E-state index contributed by atoms with van der Waals surface area (Å²) >= 11 is 0. The zero-order valence-electron chi connectivity index (χ0n) is 12.2. The van der Waals surface area contributed by atoms with Crippen LogP contribution in [-0.4, -0.2) is 55.0 Å². The third kappa shape index (κ3) is 5.22. The molecular weight excluding hydrogens is 228 g/mol. The van der Waals surface area contributed by atoms with Crippen molar-refractivity contribution in [1.29, 1.82) is 0 Å². The van der Waals surface area contributed by atoms with E-state index in [9.17, 15) is 0 Å². The Labute approximate surface area is 111 Å². The summed E-state index contributed by atoms with van der Waals surface area (Å²) in [4.78, 5) is 2.49. The molecule has 0 spiro atoms. The highest BCUT2D eigenvalue weighted by atomic mass is 16.5. The van der Waals surface area contributed by atoms with E-state index >= 15 is 0 Å². The van der Waals surface area contributed by atoms with Crippen molar-refractivity contribution in [2.75, 3.05) is 33.4 Å². The van der Waals surface area contributed by atoms with E-state index in [1.165, 1.54) is 13.0 Å². The minimum absolute atomic E-state index is 0.0694. The molecular formula is C14H30N2O2. The van der Waals surface area contributed by atoms with Crippen molar-refractivity contribution in [3.8, 4) is 0 Å². The molecule has 1 fully saturated rings. The van der Waals surface area contributed by atoms with Crippen molar-refractivity contribution < 1.29 is 9.84 Å². The van der Waals surface area contributed by atoms with Crippen molar-refractivity contribution >= 4 is 0 Å². The smallest absolute Gasteiger partial charge is 0.0724 e. The van der Waals surface area contributed by atoms with Crippen LogP contribution in [-0.2, 0) is 4.74 Å². The SMILES string of the molecule is COC1CN(CCCCC(C)(N)CO)CCC1C. The van der Waals surface area contributed by atoms with Gasteiger partial charge in [-0.3, -0.25) is 0 Å². The summed E-state index contributed by atoms with van der Waals surface area (Å²) in [5, 5.41) is 9.09. The summed E-state index contributed by atoms with van der Waals surface area (Å²) in [6.07, 6.45) is 4.73. The lowest BCUT2D eigenvalue weighted by molar-refractivity contribution is -0.00538. The fourth-order valence-corrected chi connectivity index (χ4v) is 2.55. The molecule has 1 saturated heterocycles. The van der Waals surface area contributed by atoms with Gasteiger partial charge in [0.2, 0.25) is 0 Å². The number of likely N-dealkylation sites (tertiary alicyclic amines) is 1. The van der Waals surface area contributed by atoms with E-state index in [2.05, 4.69) is 11.8 Å². The molecule has 0 aromatic carbocycles. The van der Waals surface area contributed by atoms with Crippen molar-refractivity contribution in [3.05, 3.63) is 0 Å². The molecule has 108 valence electrons. The molecule has 0 aromatic rings. The molecule has 1 aliphatic rings. The van der Waals surface area contributed by atoms with E-state index in [0.29, 0.717) is 12.0 Å². The van der Waals surface area contributed by atoms with Crippen LogP contribution in [0, 0.1) is 5.92 Å². The summed E-state index contributed by atoms with van der Waals surface area (Å²) in [6.45, 7) is 7.61. The highest BCUT2D eigenvalue weighted by Crippen LogP contribution is 2.20. The third-order valence-electron chi connectivity index (χ3n) is 4.11. The third-order valence-corrected chi connectivity index (χ3v) is 4.11. The van der Waals surface area contributed by atoms with Crippen molar-refractivity contribution in [3.63, 3.8) is 0 Å².